The quantitative estimate of drug-likeness (QED) is 0.591. The highest BCUT2D eigenvalue weighted by Gasteiger charge is 2.53. The van der Waals surface area contributed by atoms with Crippen molar-refractivity contribution in [2.45, 2.75) is 82.3 Å². The zero-order valence-corrected chi connectivity index (χ0v) is 18.7. The maximum atomic E-state index is 6.58. The molecule has 4 bridgehead atoms. The van der Waals surface area contributed by atoms with Gasteiger partial charge in [0.2, 0.25) is 0 Å². The molecule has 1 aromatic rings. The van der Waals surface area contributed by atoms with Gasteiger partial charge in [0, 0.05) is 11.1 Å². The number of rotatable bonds is 7. The predicted molar refractivity (Wildman–Crippen MR) is 115 cm³/mol. The molecule has 2 aliphatic heterocycles. The summed E-state index contributed by atoms with van der Waals surface area (Å²) in [5, 5.41) is 0. The molecule has 4 saturated carbocycles. The van der Waals surface area contributed by atoms with Crippen LogP contribution in [0.25, 0.3) is 0 Å². The van der Waals surface area contributed by atoms with Crippen molar-refractivity contribution in [3.05, 3.63) is 23.3 Å². The van der Waals surface area contributed by atoms with Crippen molar-refractivity contribution in [2.75, 3.05) is 26.4 Å². The molecule has 30 heavy (non-hydrogen) atoms. The molecule has 1 aromatic carbocycles. The van der Waals surface area contributed by atoms with Crippen molar-refractivity contribution in [1.82, 2.24) is 0 Å². The van der Waals surface area contributed by atoms with Gasteiger partial charge in [-0.05, 0) is 67.1 Å². The van der Waals surface area contributed by atoms with E-state index in [2.05, 4.69) is 32.9 Å². The normalized spacial score (nSPS) is 38.6. The van der Waals surface area contributed by atoms with Crippen molar-refractivity contribution < 1.29 is 18.9 Å². The molecule has 4 nitrogen and oxygen atoms in total. The number of ether oxygens (including phenoxy) is 4. The second-order valence-electron chi connectivity index (χ2n) is 11.8. The Kier molecular flexibility index (Phi) is 4.45. The lowest BCUT2D eigenvalue weighted by atomic mass is 9.48. The van der Waals surface area contributed by atoms with Crippen LogP contribution in [0.2, 0.25) is 0 Å². The molecule has 0 radical (unpaired) electrons. The first-order valence-electron chi connectivity index (χ1n) is 12.1. The summed E-state index contributed by atoms with van der Waals surface area (Å²) in [4.78, 5) is 0. The number of epoxide rings is 2. The molecule has 0 amide bonds. The highest BCUT2D eigenvalue weighted by atomic mass is 16.6. The third kappa shape index (κ3) is 3.54. The Morgan fingerprint density at radius 2 is 1.33 bits per heavy atom. The van der Waals surface area contributed by atoms with Crippen LogP contribution >= 0.6 is 0 Å². The van der Waals surface area contributed by atoms with E-state index in [-0.39, 0.29) is 23.0 Å². The van der Waals surface area contributed by atoms with E-state index in [1.54, 1.807) is 0 Å². The topological polar surface area (TPSA) is 43.5 Å². The van der Waals surface area contributed by atoms with Gasteiger partial charge in [0.25, 0.3) is 0 Å². The van der Waals surface area contributed by atoms with E-state index in [0.29, 0.717) is 13.2 Å². The van der Waals surface area contributed by atoms with Gasteiger partial charge in [0.15, 0.2) is 11.5 Å². The molecule has 6 aliphatic rings. The van der Waals surface area contributed by atoms with E-state index in [9.17, 15) is 0 Å². The summed E-state index contributed by atoms with van der Waals surface area (Å²) in [7, 11) is 0. The van der Waals surface area contributed by atoms with Gasteiger partial charge < -0.3 is 18.9 Å². The first-order valence-corrected chi connectivity index (χ1v) is 12.1. The standard InChI is InChI=1S/C26H36O4/c1-25(2,3)21-4-5-22(26-9-16-6-17(10-26)8-18(7-16)11-26)24(30-15-20-13-28-20)23(21)29-14-19-12-27-19/h4-5,16-20H,6-15H2,1-3H3. The van der Waals surface area contributed by atoms with Crippen LogP contribution in [0.3, 0.4) is 0 Å². The van der Waals surface area contributed by atoms with E-state index < -0.39 is 0 Å². The SMILES string of the molecule is CC(C)(C)c1ccc(C23CC4CC(CC(C4)C2)C3)c(OCC2CO2)c1OCC1CO1. The maximum absolute atomic E-state index is 6.58. The Morgan fingerprint density at radius 1 is 0.833 bits per heavy atom. The molecule has 0 N–H and O–H groups in total. The smallest absolute Gasteiger partial charge is 0.165 e. The largest absolute Gasteiger partial charge is 0.487 e. The first kappa shape index (κ1) is 19.4. The van der Waals surface area contributed by atoms with Crippen LogP contribution in [0.1, 0.15) is 70.4 Å². The van der Waals surface area contributed by atoms with Crippen molar-refractivity contribution in [2.24, 2.45) is 17.8 Å². The average molecular weight is 413 g/mol. The maximum Gasteiger partial charge on any atom is 0.165 e. The lowest BCUT2D eigenvalue weighted by molar-refractivity contribution is -0.00667. The molecule has 2 atom stereocenters. The molecular formula is C26H36O4. The minimum atomic E-state index is -0.00602. The molecular weight excluding hydrogens is 376 g/mol. The van der Waals surface area contributed by atoms with E-state index in [4.69, 9.17) is 18.9 Å². The third-order valence-corrected chi connectivity index (χ3v) is 8.16. The van der Waals surface area contributed by atoms with Crippen LogP contribution in [-0.2, 0) is 20.3 Å². The van der Waals surface area contributed by atoms with Gasteiger partial charge in [0.05, 0.1) is 13.2 Å². The summed E-state index contributed by atoms with van der Waals surface area (Å²) in [6.45, 7) is 9.67. The molecule has 2 unspecified atom stereocenters. The van der Waals surface area contributed by atoms with Crippen LogP contribution in [0.5, 0.6) is 11.5 Å². The first-order chi connectivity index (χ1) is 14.4. The molecule has 2 saturated heterocycles. The fraction of sp³-hybridized carbons (Fsp3) is 0.769. The van der Waals surface area contributed by atoms with E-state index in [1.165, 1.54) is 49.7 Å². The summed E-state index contributed by atoms with van der Waals surface area (Å²) in [5.74, 6) is 4.69. The van der Waals surface area contributed by atoms with Crippen LogP contribution in [0, 0.1) is 17.8 Å². The van der Waals surface area contributed by atoms with Gasteiger partial charge >= 0.3 is 0 Å². The van der Waals surface area contributed by atoms with Crippen molar-refractivity contribution >= 4 is 0 Å². The lowest BCUT2D eigenvalue weighted by Crippen LogP contribution is -2.48. The minimum Gasteiger partial charge on any atom is -0.487 e. The number of hydrogen-bond acceptors (Lipinski definition) is 4. The molecule has 164 valence electrons. The van der Waals surface area contributed by atoms with Crippen LogP contribution in [0.4, 0.5) is 0 Å². The van der Waals surface area contributed by atoms with Gasteiger partial charge in [0.1, 0.15) is 25.4 Å². The molecule has 6 fully saturated rings. The fourth-order valence-corrected chi connectivity index (χ4v) is 6.98. The van der Waals surface area contributed by atoms with Crippen LogP contribution in [-0.4, -0.2) is 38.6 Å². The number of hydrogen-bond donors (Lipinski definition) is 0. The average Bonchev–Trinajstić information content (AvgIpc) is 3.58. The Hall–Kier alpha value is -1.26. The minimum absolute atomic E-state index is 0.00602. The Labute approximate surface area is 180 Å². The van der Waals surface area contributed by atoms with Gasteiger partial charge in [-0.2, -0.15) is 0 Å². The second-order valence-corrected chi connectivity index (χ2v) is 11.8. The van der Waals surface area contributed by atoms with Crippen molar-refractivity contribution in [1.29, 1.82) is 0 Å². The van der Waals surface area contributed by atoms with Gasteiger partial charge in [-0.1, -0.05) is 32.9 Å². The third-order valence-electron chi connectivity index (χ3n) is 8.16. The summed E-state index contributed by atoms with van der Waals surface area (Å²) < 4.78 is 24.0. The van der Waals surface area contributed by atoms with Crippen LogP contribution < -0.4 is 9.47 Å². The van der Waals surface area contributed by atoms with E-state index in [0.717, 1.165) is 42.5 Å². The Morgan fingerprint density at radius 3 is 1.80 bits per heavy atom. The summed E-state index contributed by atoms with van der Waals surface area (Å²) in [5.41, 5.74) is 2.93. The Bertz CT molecular complexity index is 780. The fourth-order valence-electron chi connectivity index (χ4n) is 6.98. The van der Waals surface area contributed by atoms with Gasteiger partial charge in [-0.15, -0.1) is 0 Å². The number of benzene rings is 1. The highest BCUT2D eigenvalue weighted by molar-refractivity contribution is 5.57. The van der Waals surface area contributed by atoms with Gasteiger partial charge in [-0.25, -0.2) is 0 Å². The summed E-state index contributed by atoms with van der Waals surface area (Å²) in [6.07, 6.45) is 8.82. The molecule has 7 rings (SSSR count). The van der Waals surface area contributed by atoms with Crippen LogP contribution in [0.15, 0.2) is 12.1 Å². The molecule has 0 spiro atoms. The van der Waals surface area contributed by atoms with Gasteiger partial charge in [-0.3, -0.25) is 0 Å². The lowest BCUT2D eigenvalue weighted by Gasteiger charge is -2.57. The molecule has 2 heterocycles. The molecule has 4 aliphatic carbocycles. The monoisotopic (exact) mass is 412 g/mol. The zero-order valence-electron chi connectivity index (χ0n) is 18.7. The second kappa shape index (κ2) is 6.87. The summed E-state index contributed by atoms with van der Waals surface area (Å²) in [6, 6.07) is 4.73. The zero-order chi connectivity index (χ0) is 20.5. The predicted octanol–water partition coefficient (Wildman–Crippen LogP) is 5.01. The Balaban J connectivity index is 1.43. The highest BCUT2D eigenvalue weighted by Crippen LogP contribution is 2.63. The molecule has 4 heteroatoms. The van der Waals surface area contributed by atoms with E-state index in [1.807, 2.05) is 0 Å². The molecule has 0 aromatic heterocycles. The van der Waals surface area contributed by atoms with E-state index >= 15 is 0 Å². The summed E-state index contributed by atoms with van der Waals surface area (Å²) >= 11 is 0. The van der Waals surface area contributed by atoms with Crippen molar-refractivity contribution in [3.8, 4) is 11.5 Å². The van der Waals surface area contributed by atoms with Crippen molar-refractivity contribution in [3.63, 3.8) is 0 Å².